The number of alkyl halides is 3. The predicted molar refractivity (Wildman–Crippen MR) is 94.8 cm³/mol. The molecular formula is C18H16F5N5O. The lowest BCUT2D eigenvalue weighted by Gasteiger charge is -2.28. The lowest BCUT2D eigenvalue weighted by Crippen LogP contribution is -2.46. The summed E-state index contributed by atoms with van der Waals surface area (Å²) in [5.41, 5.74) is 0.157. The lowest BCUT2D eigenvalue weighted by molar-refractivity contribution is -0.0498. The van der Waals surface area contributed by atoms with E-state index in [2.05, 4.69) is 25.3 Å². The molecule has 0 amide bonds. The molecule has 4 rings (SSSR count). The number of hydrogen-bond donors (Lipinski definition) is 2. The molecule has 0 aromatic carbocycles. The number of imidazole rings is 1. The van der Waals surface area contributed by atoms with E-state index in [1.807, 2.05) is 0 Å². The van der Waals surface area contributed by atoms with Gasteiger partial charge in [0.2, 0.25) is 0 Å². The van der Waals surface area contributed by atoms with Crippen LogP contribution in [0.25, 0.3) is 17.0 Å². The average Bonchev–Trinajstić information content (AvgIpc) is 3.08. The highest BCUT2D eigenvalue weighted by Crippen LogP contribution is 2.28. The first kappa shape index (κ1) is 19.4. The first-order valence-electron chi connectivity index (χ1n) is 8.82. The van der Waals surface area contributed by atoms with Gasteiger partial charge in [0.05, 0.1) is 17.9 Å². The molecule has 0 aliphatic carbocycles. The second-order valence-corrected chi connectivity index (χ2v) is 6.52. The molecule has 0 unspecified atom stereocenters. The molecule has 4 heterocycles. The third kappa shape index (κ3) is 3.95. The summed E-state index contributed by atoms with van der Waals surface area (Å²) in [6.45, 7) is -2.20. The summed E-state index contributed by atoms with van der Waals surface area (Å²) in [6.07, 6.45) is 1.70. The van der Waals surface area contributed by atoms with Crippen LogP contribution in [0, 0.1) is 11.6 Å². The number of ether oxygens (including phenoxy) is 1. The topological polar surface area (TPSA) is 63.5 Å². The first-order chi connectivity index (χ1) is 13.9. The van der Waals surface area contributed by atoms with Gasteiger partial charge in [-0.15, -0.1) is 0 Å². The van der Waals surface area contributed by atoms with Gasteiger partial charge < -0.3 is 15.4 Å². The van der Waals surface area contributed by atoms with E-state index in [4.69, 9.17) is 0 Å². The third-order valence-corrected chi connectivity index (χ3v) is 4.60. The van der Waals surface area contributed by atoms with Crippen molar-refractivity contribution in [1.29, 1.82) is 0 Å². The number of anilines is 1. The van der Waals surface area contributed by atoms with Crippen molar-refractivity contribution >= 4 is 11.5 Å². The fourth-order valence-electron chi connectivity index (χ4n) is 3.20. The van der Waals surface area contributed by atoms with Crippen molar-refractivity contribution in [1.82, 2.24) is 19.7 Å². The fraction of sp³-hybridized carbons (Fsp3) is 0.333. The van der Waals surface area contributed by atoms with E-state index in [9.17, 15) is 22.0 Å². The Hall–Kier alpha value is -2.95. The zero-order valence-corrected chi connectivity index (χ0v) is 14.9. The summed E-state index contributed by atoms with van der Waals surface area (Å²) >= 11 is 0. The van der Waals surface area contributed by atoms with Crippen LogP contribution in [0.5, 0.6) is 5.75 Å². The molecular weight excluding hydrogens is 397 g/mol. The van der Waals surface area contributed by atoms with Crippen LogP contribution in [0.4, 0.5) is 27.8 Å². The maximum absolute atomic E-state index is 14.4. The standard InChI is InChI=1S/C18H16F5N5O/c19-10-1-3-24-7-13(10)26-17-12(21)6-11(20)16(27-17)14-8-25-15-5-9(29-18(22)23)2-4-28(14)15/h2,4-6,8,10,13,18,24H,1,3,7H2,(H,26,27)/t10-,13-/m1/s1. The van der Waals surface area contributed by atoms with Gasteiger partial charge in [0.15, 0.2) is 17.5 Å². The molecule has 1 aliphatic rings. The number of hydrogen-bond acceptors (Lipinski definition) is 5. The molecule has 3 aromatic rings. The molecule has 1 fully saturated rings. The van der Waals surface area contributed by atoms with Gasteiger partial charge in [-0.2, -0.15) is 8.78 Å². The summed E-state index contributed by atoms with van der Waals surface area (Å²) < 4.78 is 73.2. The summed E-state index contributed by atoms with van der Waals surface area (Å²) in [5, 5.41) is 5.68. The van der Waals surface area contributed by atoms with Crippen molar-refractivity contribution in [2.45, 2.75) is 25.2 Å². The molecule has 2 N–H and O–H groups in total. The summed E-state index contributed by atoms with van der Waals surface area (Å²) in [6, 6.07) is 2.45. The van der Waals surface area contributed by atoms with Crippen LogP contribution in [0.3, 0.4) is 0 Å². The second kappa shape index (κ2) is 7.82. The van der Waals surface area contributed by atoms with E-state index < -0.39 is 30.5 Å². The van der Waals surface area contributed by atoms with Gasteiger partial charge in [-0.3, -0.25) is 4.40 Å². The Labute approximate surface area is 161 Å². The van der Waals surface area contributed by atoms with Crippen LogP contribution in [0.2, 0.25) is 0 Å². The van der Waals surface area contributed by atoms with Gasteiger partial charge in [-0.25, -0.2) is 23.1 Å². The Morgan fingerprint density at radius 1 is 1.24 bits per heavy atom. The largest absolute Gasteiger partial charge is 0.435 e. The number of aromatic nitrogens is 3. The molecule has 1 aliphatic heterocycles. The summed E-state index contributed by atoms with van der Waals surface area (Å²) in [7, 11) is 0. The van der Waals surface area contributed by atoms with Crippen LogP contribution >= 0.6 is 0 Å². The van der Waals surface area contributed by atoms with Gasteiger partial charge >= 0.3 is 6.61 Å². The molecule has 29 heavy (non-hydrogen) atoms. The molecule has 0 radical (unpaired) electrons. The molecule has 154 valence electrons. The fourth-order valence-corrected chi connectivity index (χ4v) is 3.20. The van der Waals surface area contributed by atoms with Crippen molar-refractivity contribution < 1.29 is 26.7 Å². The molecule has 3 aromatic heterocycles. The minimum absolute atomic E-state index is 0.113. The predicted octanol–water partition coefficient (Wildman–Crippen LogP) is 3.39. The maximum Gasteiger partial charge on any atom is 0.387 e. The van der Waals surface area contributed by atoms with E-state index in [0.29, 0.717) is 12.6 Å². The zero-order valence-electron chi connectivity index (χ0n) is 14.9. The van der Waals surface area contributed by atoms with Crippen LogP contribution in [0.1, 0.15) is 6.42 Å². The number of halogens is 5. The van der Waals surface area contributed by atoms with Gasteiger partial charge in [0.25, 0.3) is 0 Å². The number of pyridine rings is 2. The number of nitrogens with one attached hydrogen (secondary N) is 2. The molecule has 0 spiro atoms. The molecule has 2 atom stereocenters. The van der Waals surface area contributed by atoms with Crippen molar-refractivity contribution in [2.24, 2.45) is 0 Å². The highest BCUT2D eigenvalue weighted by atomic mass is 19.3. The number of piperidine rings is 1. The van der Waals surface area contributed by atoms with Crippen LogP contribution < -0.4 is 15.4 Å². The molecule has 0 saturated carbocycles. The molecule has 0 bridgehead atoms. The van der Waals surface area contributed by atoms with E-state index >= 15 is 0 Å². The normalized spacial score (nSPS) is 19.7. The average molecular weight is 413 g/mol. The van der Waals surface area contributed by atoms with Gasteiger partial charge in [0, 0.05) is 24.9 Å². The van der Waals surface area contributed by atoms with Crippen molar-refractivity contribution in [2.75, 3.05) is 18.4 Å². The Morgan fingerprint density at radius 3 is 2.83 bits per heavy atom. The van der Waals surface area contributed by atoms with Gasteiger partial charge in [-0.1, -0.05) is 0 Å². The van der Waals surface area contributed by atoms with E-state index in [-0.39, 0.29) is 41.6 Å². The van der Waals surface area contributed by atoms with Crippen LogP contribution in [0.15, 0.2) is 30.6 Å². The van der Waals surface area contributed by atoms with Crippen molar-refractivity contribution in [3.8, 4) is 17.1 Å². The van der Waals surface area contributed by atoms with Crippen molar-refractivity contribution in [3.05, 3.63) is 42.2 Å². The van der Waals surface area contributed by atoms with Gasteiger partial charge in [0.1, 0.15) is 23.3 Å². The molecule has 1 saturated heterocycles. The number of nitrogens with zero attached hydrogens (tertiary/aromatic N) is 3. The van der Waals surface area contributed by atoms with E-state index in [1.165, 1.54) is 28.9 Å². The smallest absolute Gasteiger partial charge is 0.387 e. The van der Waals surface area contributed by atoms with Crippen molar-refractivity contribution in [3.63, 3.8) is 0 Å². The highest BCUT2D eigenvalue weighted by molar-refractivity contribution is 5.63. The Bertz CT molecular complexity index is 1030. The monoisotopic (exact) mass is 413 g/mol. The number of fused-ring (bicyclic) bond motifs is 1. The minimum atomic E-state index is -3.00. The quantitative estimate of drug-likeness (QED) is 0.628. The molecule has 6 nitrogen and oxygen atoms in total. The summed E-state index contributed by atoms with van der Waals surface area (Å²) in [4.78, 5) is 8.03. The minimum Gasteiger partial charge on any atom is -0.435 e. The van der Waals surface area contributed by atoms with E-state index in [1.54, 1.807) is 0 Å². The molecule has 11 heteroatoms. The highest BCUT2D eigenvalue weighted by Gasteiger charge is 2.26. The van der Waals surface area contributed by atoms with Crippen LogP contribution in [-0.2, 0) is 0 Å². The SMILES string of the molecule is Fc1cc(F)c(-c2cnc3cc(OC(F)F)ccn23)nc1N[C@@H]1CNCC[C@H]1F. The number of rotatable bonds is 5. The zero-order chi connectivity index (χ0) is 20.5. The Balaban J connectivity index is 1.69. The van der Waals surface area contributed by atoms with Gasteiger partial charge in [-0.05, 0) is 19.0 Å². The third-order valence-electron chi connectivity index (χ3n) is 4.60. The van der Waals surface area contributed by atoms with E-state index in [0.717, 1.165) is 0 Å². The van der Waals surface area contributed by atoms with Crippen LogP contribution in [-0.4, -0.2) is 46.3 Å². The first-order valence-corrected chi connectivity index (χ1v) is 8.82. The second-order valence-electron chi connectivity index (χ2n) is 6.52. The maximum atomic E-state index is 14.4. The Morgan fingerprint density at radius 2 is 2.07 bits per heavy atom. The lowest BCUT2D eigenvalue weighted by atomic mass is 10.1. The Kier molecular flexibility index (Phi) is 5.22. The summed E-state index contributed by atoms with van der Waals surface area (Å²) in [5.74, 6) is -2.30.